The minimum absolute atomic E-state index is 0.102. The molecule has 2 amide bonds. The summed E-state index contributed by atoms with van der Waals surface area (Å²) in [6, 6.07) is 14.2. The number of hydrogen-bond acceptors (Lipinski definition) is 3. The number of nitrogens with one attached hydrogen (secondary N) is 2. The molecule has 0 saturated carbocycles. The van der Waals surface area contributed by atoms with Crippen molar-refractivity contribution in [2.45, 2.75) is 50.5 Å². The molecule has 2 aromatic carbocycles. The van der Waals surface area contributed by atoms with Crippen LogP contribution in [0.1, 0.15) is 36.8 Å². The summed E-state index contributed by atoms with van der Waals surface area (Å²) in [4.78, 5) is 12.5. The Morgan fingerprint density at radius 1 is 1.07 bits per heavy atom. The van der Waals surface area contributed by atoms with Crippen molar-refractivity contribution in [3.63, 3.8) is 0 Å². The minimum atomic E-state index is -3.53. The van der Waals surface area contributed by atoms with Gasteiger partial charge in [-0.1, -0.05) is 36.2 Å². The van der Waals surface area contributed by atoms with Crippen molar-refractivity contribution >= 4 is 21.7 Å². The minimum Gasteiger partial charge on any atom is -0.338 e. The van der Waals surface area contributed by atoms with E-state index in [2.05, 4.69) is 10.6 Å². The molecule has 2 aromatic rings. The number of hydrogen-bond donors (Lipinski definition) is 2. The van der Waals surface area contributed by atoms with Gasteiger partial charge in [0.1, 0.15) is 0 Å². The van der Waals surface area contributed by atoms with Crippen LogP contribution in [0, 0.1) is 13.8 Å². The first-order valence-corrected chi connectivity index (χ1v) is 11.5. The van der Waals surface area contributed by atoms with Crippen LogP contribution < -0.4 is 10.6 Å². The Morgan fingerprint density at radius 2 is 1.83 bits per heavy atom. The van der Waals surface area contributed by atoms with Crippen molar-refractivity contribution in [3.05, 3.63) is 59.7 Å². The van der Waals surface area contributed by atoms with Crippen molar-refractivity contribution < 1.29 is 13.2 Å². The predicted molar refractivity (Wildman–Crippen MR) is 116 cm³/mol. The van der Waals surface area contributed by atoms with Crippen LogP contribution in [-0.2, 0) is 10.0 Å². The van der Waals surface area contributed by atoms with Crippen molar-refractivity contribution in [1.82, 2.24) is 9.62 Å². The van der Waals surface area contributed by atoms with Gasteiger partial charge in [0.25, 0.3) is 0 Å². The molecule has 1 fully saturated rings. The first-order chi connectivity index (χ1) is 13.9. The molecule has 7 heteroatoms. The Hall–Kier alpha value is -2.38. The van der Waals surface area contributed by atoms with Crippen LogP contribution >= 0.6 is 0 Å². The maximum atomic E-state index is 13.1. The average Bonchev–Trinajstić information content (AvgIpc) is 2.68. The lowest BCUT2D eigenvalue weighted by Gasteiger charge is -2.34. The van der Waals surface area contributed by atoms with E-state index in [0.29, 0.717) is 24.4 Å². The molecule has 6 nitrogen and oxygen atoms in total. The second kappa shape index (κ2) is 9.41. The average molecular weight is 416 g/mol. The number of benzene rings is 2. The first kappa shape index (κ1) is 21.3. The van der Waals surface area contributed by atoms with Crippen molar-refractivity contribution in [2.75, 3.05) is 18.4 Å². The fourth-order valence-corrected chi connectivity index (χ4v) is 5.40. The molecular weight excluding hydrogens is 386 g/mol. The number of urea groups is 1. The van der Waals surface area contributed by atoms with E-state index in [1.165, 1.54) is 0 Å². The maximum absolute atomic E-state index is 13.1. The molecule has 0 unspecified atom stereocenters. The van der Waals surface area contributed by atoms with Gasteiger partial charge in [-0.15, -0.1) is 0 Å². The van der Waals surface area contributed by atoms with Crippen molar-refractivity contribution in [3.8, 4) is 0 Å². The second-order valence-corrected chi connectivity index (χ2v) is 9.51. The largest absolute Gasteiger partial charge is 0.338 e. The van der Waals surface area contributed by atoms with Gasteiger partial charge in [-0.2, -0.15) is 4.31 Å². The highest BCUT2D eigenvalue weighted by molar-refractivity contribution is 7.89. The number of anilines is 1. The molecule has 1 heterocycles. The van der Waals surface area contributed by atoms with Crippen LogP contribution in [0.25, 0.3) is 0 Å². The molecular formula is C22H29N3O3S. The van der Waals surface area contributed by atoms with E-state index < -0.39 is 10.0 Å². The maximum Gasteiger partial charge on any atom is 0.319 e. The first-order valence-electron chi connectivity index (χ1n) is 10.1. The fraction of sp³-hybridized carbons (Fsp3) is 0.409. The highest BCUT2D eigenvalue weighted by atomic mass is 32.2. The molecule has 0 bridgehead atoms. The summed E-state index contributed by atoms with van der Waals surface area (Å²) in [5.74, 6) is 0. The van der Waals surface area contributed by atoms with Crippen LogP contribution in [0.5, 0.6) is 0 Å². The monoisotopic (exact) mass is 415 g/mol. The molecule has 2 N–H and O–H groups in total. The molecule has 156 valence electrons. The van der Waals surface area contributed by atoms with Gasteiger partial charge in [-0.05, 0) is 62.9 Å². The van der Waals surface area contributed by atoms with Crippen molar-refractivity contribution in [2.24, 2.45) is 0 Å². The predicted octanol–water partition coefficient (Wildman–Crippen LogP) is 4.06. The van der Waals surface area contributed by atoms with Crippen molar-refractivity contribution in [1.29, 1.82) is 0 Å². The highest BCUT2D eigenvalue weighted by Gasteiger charge is 2.33. The van der Waals surface area contributed by atoms with Gasteiger partial charge in [-0.25, -0.2) is 13.2 Å². The van der Waals surface area contributed by atoms with Crippen LogP contribution in [0.3, 0.4) is 0 Å². The van der Waals surface area contributed by atoms with E-state index in [1.807, 2.05) is 50.2 Å². The molecule has 0 spiro atoms. The summed E-state index contributed by atoms with van der Waals surface area (Å²) in [7, 11) is -3.53. The van der Waals surface area contributed by atoms with E-state index in [0.717, 1.165) is 36.1 Å². The third-order valence-corrected chi connectivity index (χ3v) is 7.21. The molecule has 0 aromatic heterocycles. The molecule has 1 saturated heterocycles. The number of carbonyl (C=O) groups excluding carboxylic acids is 1. The Morgan fingerprint density at radius 3 is 2.55 bits per heavy atom. The standard InChI is InChI=1S/C22H29N3O3S/c1-17-9-11-21(12-10-17)29(27,28)25-15-4-3-8-20(25)13-14-23-22(26)24-19-7-5-6-18(2)16-19/h5-7,9-12,16,20H,3-4,8,13-15H2,1-2H3,(H2,23,24,26)/t20-/m1/s1. The van der Waals surface area contributed by atoms with Crippen LogP contribution in [0.4, 0.5) is 10.5 Å². The molecule has 29 heavy (non-hydrogen) atoms. The topological polar surface area (TPSA) is 78.5 Å². The van der Waals surface area contributed by atoms with Gasteiger partial charge >= 0.3 is 6.03 Å². The number of piperidine rings is 1. The number of sulfonamides is 1. The zero-order valence-corrected chi connectivity index (χ0v) is 17.8. The van der Waals surface area contributed by atoms with Gasteiger partial charge in [0.05, 0.1) is 4.90 Å². The van der Waals surface area contributed by atoms with Gasteiger partial charge in [0.15, 0.2) is 0 Å². The van der Waals surface area contributed by atoms with Crippen LogP contribution in [0.2, 0.25) is 0 Å². The van der Waals surface area contributed by atoms with Crippen LogP contribution in [-0.4, -0.2) is 37.9 Å². The molecule has 1 aliphatic rings. The van der Waals surface area contributed by atoms with Gasteiger partial charge in [0.2, 0.25) is 10.0 Å². The third-order valence-electron chi connectivity index (χ3n) is 5.24. The third kappa shape index (κ3) is 5.58. The van der Waals surface area contributed by atoms with Crippen LogP contribution in [0.15, 0.2) is 53.4 Å². The Labute approximate surface area is 173 Å². The summed E-state index contributed by atoms with van der Waals surface area (Å²) >= 11 is 0. The molecule has 0 aliphatic carbocycles. The Balaban J connectivity index is 1.58. The van der Waals surface area contributed by atoms with E-state index in [-0.39, 0.29) is 12.1 Å². The molecule has 1 atom stereocenters. The van der Waals surface area contributed by atoms with E-state index in [9.17, 15) is 13.2 Å². The van der Waals surface area contributed by atoms with E-state index in [1.54, 1.807) is 16.4 Å². The van der Waals surface area contributed by atoms with E-state index in [4.69, 9.17) is 0 Å². The van der Waals surface area contributed by atoms with Gasteiger partial charge in [0, 0.05) is 24.8 Å². The van der Waals surface area contributed by atoms with E-state index >= 15 is 0 Å². The molecule has 3 rings (SSSR count). The number of carbonyl (C=O) groups is 1. The zero-order chi connectivity index (χ0) is 20.9. The summed E-state index contributed by atoms with van der Waals surface area (Å²) in [5.41, 5.74) is 2.84. The van der Waals surface area contributed by atoms with Gasteiger partial charge < -0.3 is 10.6 Å². The SMILES string of the molecule is Cc1ccc(S(=O)(=O)N2CCCC[C@@H]2CCNC(=O)Nc2cccc(C)c2)cc1. The lowest BCUT2D eigenvalue weighted by Crippen LogP contribution is -2.45. The summed E-state index contributed by atoms with van der Waals surface area (Å²) < 4.78 is 27.8. The lowest BCUT2D eigenvalue weighted by molar-refractivity contribution is 0.234. The number of amides is 2. The number of nitrogens with zero attached hydrogens (tertiary/aromatic N) is 1. The normalized spacial score (nSPS) is 17.7. The summed E-state index contributed by atoms with van der Waals surface area (Å²) in [5, 5.41) is 5.66. The fourth-order valence-electron chi connectivity index (χ4n) is 3.67. The Bertz CT molecular complexity index is 942. The number of rotatable bonds is 6. The lowest BCUT2D eigenvalue weighted by atomic mass is 10.0. The summed E-state index contributed by atoms with van der Waals surface area (Å²) in [6.07, 6.45) is 3.27. The Kier molecular flexibility index (Phi) is 6.92. The highest BCUT2D eigenvalue weighted by Crippen LogP contribution is 2.27. The molecule has 1 aliphatic heterocycles. The van der Waals surface area contributed by atoms with Gasteiger partial charge in [-0.3, -0.25) is 0 Å². The molecule has 0 radical (unpaired) electrons. The second-order valence-electron chi connectivity index (χ2n) is 7.62. The smallest absolute Gasteiger partial charge is 0.319 e. The number of aryl methyl sites for hydroxylation is 2. The zero-order valence-electron chi connectivity index (χ0n) is 17.0. The quantitative estimate of drug-likeness (QED) is 0.747. The summed E-state index contributed by atoms with van der Waals surface area (Å²) in [6.45, 7) is 4.85.